The van der Waals surface area contributed by atoms with Crippen LogP contribution < -0.4 is 10.1 Å². The smallest absolute Gasteiger partial charge is 0.334 e. The molecular formula is C14H13IN2O3. The van der Waals surface area contributed by atoms with Gasteiger partial charge in [0.05, 0.1) is 4.92 Å². The molecule has 0 aliphatic rings. The molecule has 2 aromatic rings. The van der Waals surface area contributed by atoms with Crippen molar-refractivity contribution < 1.29 is 9.66 Å². The van der Waals surface area contributed by atoms with Crippen molar-refractivity contribution in [3.05, 3.63) is 56.1 Å². The Balaban J connectivity index is 2.37. The molecular weight excluding hydrogens is 371 g/mol. The summed E-state index contributed by atoms with van der Waals surface area (Å²) in [6, 6.07) is 12.3. The van der Waals surface area contributed by atoms with Gasteiger partial charge in [0, 0.05) is 10.1 Å². The average Bonchev–Trinajstić information content (AvgIpc) is 2.41. The third-order valence-corrected chi connectivity index (χ3v) is 3.31. The van der Waals surface area contributed by atoms with Gasteiger partial charge in [-0.3, -0.25) is 10.1 Å². The number of nitro benzene ring substituents is 1. The molecule has 0 aliphatic carbocycles. The third-order valence-electron chi connectivity index (χ3n) is 2.59. The minimum atomic E-state index is -0.431. The predicted molar refractivity (Wildman–Crippen MR) is 86.5 cm³/mol. The van der Waals surface area contributed by atoms with Crippen LogP contribution >= 0.6 is 22.6 Å². The Morgan fingerprint density at radius 1 is 1.25 bits per heavy atom. The van der Waals surface area contributed by atoms with Crippen LogP contribution in [0.2, 0.25) is 0 Å². The van der Waals surface area contributed by atoms with Crippen molar-refractivity contribution in [2.75, 3.05) is 11.9 Å². The van der Waals surface area contributed by atoms with Gasteiger partial charge in [-0.1, -0.05) is 6.07 Å². The number of para-hydroxylation sites is 1. The van der Waals surface area contributed by atoms with Crippen LogP contribution in [0.3, 0.4) is 0 Å². The monoisotopic (exact) mass is 384 g/mol. The van der Waals surface area contributed by atoms with Crippen molar-refractivity contribution >= 4 is 34.0 Å². The zero-order valence-corrected chi connectivity index (χ0v) is 13.0. The quantitative estimate of drug-likeness (QED) is 0.471. The summed E-state index contributed by atoms with van der Waals surface area (Å²) in [6.45, 7) is 2.49. The van der Waals surface area contributed by atoms with Crippen LogP contribution in [-0.4, -0.2) is 11.5 Å². The highest BCUT2D eigenvalue weighted by molar-refractivity contribution is 14.1. The van der Waals surface area contributed by atoms with Crippen molar-refractivity contribution in [3.8, 4) is 11.5 Å². The normalized spacial score (nSPS) is 10.1. The van der Waals surface area contributed by atoms with E-state index in [1.165, 1.54) is 0 Å². The minimum absolute atomic E-state index is 0.0482. The lowest BCUT2D eigenvalue weighted by Crippen LogP contribution is -2.02. The SMILES string of the molecule is CCNc1cccc(Oc2ccc(I)cc2)c1[N+](=O)[O-]. The second-order valence-electron chi connectivity index (χ2n) is 4.00. The first kappa shape index (κ1) is 14.6. The van der Waals surface area contributed by atoms with Gasteiger partial charge in [0.25, 0.3) is 0 Å². The number of ether oxygens (including phenoxy) is 1. The molecule has 2 aromatic carbocycles. The minimum Gasteiger partial charge on any atom is -0.450 e. The van der Waals surface area contributed by atoms with E-state index in [9.17, 15) is 10.1 Å². The van der Waals surface area contributed by atoms with Gasteiger partial charge in [-0.2, -0.15) is 0 Å². The molecule has 0 amide bonds. The van der Waals surface area contributed by atoms with Crippen LogP contribution in [0.1, 0.15) is 6.92 Å². The number of nitro groups is 1. The largest absolute Gasteiger partial charge is 0.450 e. The fourth-order valence-corrected chi connectivity index (χ4v) is 2.12. The summed E-state index contributed by atoms with van der Waals surface area (Å²) >= 11 is 2.19. The predicted octanol–water partition coefficient (Wildman–Crippen LogP) is 4.42. The highest BCUT2D eigenvalue weighted by Crippen LogP contribution is 2.37. The molecule has 0 heterocycles. The zero-order chi connectivity index (χ0) is 14.5. The molecule has 0 unspecified atom stereocenters. The molecule has 0 aliphatic heterocycles. The van der Waals surface area contributed by atoms with E-state index in [2.05, 4.69) is 27.9 Å². The Bertz CT molecular complexity index is 614. The number of nitrogens with one attached hydrogen (secondary N) is 1. The summed E-state index contributed by atoms with van der Waals surface area (Å²) in [5.41, 5.74) is 0.411. The highest BCUT2D eigenvalue weighted by Gasteiger charge is 2.21. The molecule has 0 saturated heterocycles. The van der Waals surface area contributed by atoms with Gasteiger partial charge >= 0.3 is 5.69 Å². The van der Waals surface area contributed by atoms with Crippen LogP contribution in [-0.2, 0) is 0 Å². The van der Waals surface area contributed by atoms with Crippen molar-refractivity contribution in [2.45, 2.75) is 6.92 Å². The van der Waals surface area contributed by atoms with Crippen LogP contribution in [0.5, 0.6) is 11.5 Å². The van der Waals surface area contributed by atoms with Gasteiger partial charge in [-0.25, -0.2) is 0 Å². The maximum atomic E-state index is 11.2. The number of hydrogen-bond acceptors (Lipinski definition) is 4. The van der Waals surface area contributed by atoms with Crippen molar-refractivity contribution in [1.82, 2.24) is 0 Å². The maximum absolute atomic E-state index is 11.2. The van der Waals surface area contributed by atoms with Crippen LogP contribution in [0.25, 0.3) is 0 Å². The molecule has 0 atom stereocenters. The van der Waals surface area contributed by atoms with Gasteiger partial charge in [0.15, 0.2) is 0 Å². The van der Waals surface area contributed by atoms with E-state index >= 15 is 0 Å². The lowest BCUT2D eigenvalue weighted by Gasteiger charge is -2.10. The molecule has 104 valence electrons. The molecule has 0 aromatic heterocycles. The first-order chi connectivity index (χ1) is 9.61. The van der Waals surface area contributed by atoms with Crippen LogP contribution in [0, 0.1) is 13.7 Å². The zero-order valence-electron chi connectivity index (χ0n) is 10.8. The summed E-state index contributed by atoms with van der Waals surface area (Å²) in [6.07, 6.45) is 0. The Morgan fingerprint density at radius 3 is 2.55 bits per heavy atom. The number of rotatable bonds is 5. The molecule has 1 N–H and O–H groups in total. The topological polar surface area (TPSA) is 64.4 Å². The molecule has 0 bridgehead atoms. The second-order valence-corrected chi connectivity index (χ2v) is 5.24. The van der Waals surface area contributed by atoms with E-state index in [0.29, 0.717) is 18.0 Å². The molecule has 6 heteroatoms. The summed E-state index contributed by atoms with van der Waals surface area (Å²) in [4.78, 5) is 10.8. The van der Waals surface area contributed by atoms with E-state index in [0.717, 1.165) is 3.57 Å². The molecule has 0 radical (unpaired) electrons. The van der Waals surface area contributed by atoms with E-state index in [1.807, 2.05) is 19.1 Å². The summed E-state index contributed by atoms with van der Waals surface area (Å²) in [7, 11) is 0. The van der Waals surface area contributed by atoms with Gasteiger partial charge in [-0.15, -0.1) is 0 Å². The van der Waals surface area contributed by atoms with Crippen LogP contribution in [0.4, 0.5) is 11.4 Å². The van der Waals surface area contributed by atoms with Crippen LogP contribution in [0.15, 0.2) is 42.5 Å². The molecule has 5 nitrogen and oxygen atoms in total. The number of benzene rings is 2. The molecule has 0 fully saturated rings. The van der Waals surface area contributed by atoms with Gasteiger partial charge in [0.1, 0.15) is 11.4 Å². The van der Waals surface area contributed by atoms with E-state index in [4.69, 9.17) is 4.74 Å². The summed E-state index contributed by atoms with van der Waals surface area (Å²) < 4.78 is 6.70. The van der Waals surface area contributed by atoms with Gasteiger partial charge in [0.2, 0.25) is 5.75 Å². The Kier molecular flexibility index (Phi) is 4.78. The molecule has 20 heavy (non-hydrogen) atoms. The standard InChI is InChI=1S/C14H13IN2O3/c1-2-16-12-4-3-5-13(14(12)17(18)19)20-11-8-6-10(15)7-9-11/h3-9,16H,2H2,1H3. The fourth-order valence-electron chi connectivity index (χ4n) is 1.76. The molecule has 0 spiro atoms. The first-order valence-corrected chi connectivity index (χ1v) is 7.14. The van der Waals surface area contributed by atoms with E-state index < -0.39 is 4.92 Å². The number of nitrogens with zero attached hydrogens (tertiary/aromatic N) is 1. The van der Waals surface area contributed by atoms with Crippen molar-refractivity contribution in [2.24, 2.45) is 0 Å². The Labute approximate surface area is 130 Å². The lowest BCUT2D eigenvalue weighted by molar-refractivity contribution is -0.384. The Morgan fingerprint density at radius 2 is 1.95 bits per heavy atom. The second kappa shape index (κ2) is 6.56. The third kappa shape index (κ3) is 3.38. The number of hydrogen-bond donors (Lipinski definition) is 1. The van der Waals surface area contributed by atoms with E-state index in [-0.39, 0.29) is 11.4 Å². The average molecular weight is 384 g/mol. The highest BCUT2D eigenvalue weighted by atomic mass is 127. The van der Waals surface area contributed by atoms with E-state index in [1.54, 1.807) is 30.3 Å². The Hall–Kier alpha value is -1.83. The van der Waals surface area contributed by atoms with Gasteiger partial charge < -0.3 is 10.1 Å². The number of halogens is 1. The fraction of sp³-hybridized carbons (Fsp3) is 0.143. The summed E-state index contributed by atoms with van der Waals surface area (Å²) in [5.74, 6) is 0.803. The first-order valence-electron chi connectivity index (χ1n) is 6.06. The lowest BCUT2D eigenvalue weighted by atomic mass is 10.2. The molecule has 0 saturated carbocycles. The molecule has 2 rings (SSSR count). The summed E-state index contributed by atoms with van der Waals surface area (Å²) in [5, 5.41) is 14.2. The van der Waals surface area contributed by atoms with Gasteiger partial charge in [-0.05, 0) is 65.9 Å². The van der Waals surface area contributed by atoms with Crippen molar-refractivity contribution in [3.63, 3.8) is 0 Å². The van der Waals surface area contributed by atoms with Crippen molar-refractivity contribution in [1.29, 1.82) is 0 Å². The number of anilines is 1. The maximum Gasteiger partial charge on any atom is 0.334 e.